The summed E-state index contributed by atoms with van der Waals surface area (Å²) in [6.45, 7) is 13.2. The van der Waals surface area contributed by atoms with Gasteiger partial charge in [0, 0.05) is 30.5 Å². The molecule has 1 heterocycles. The minimum absolute atomic E-state index is 0.164. The van der Waals surface area contributed by atoms with Crippen molar-refractivity contribution in [2.24, 2.45) is 5.73 Å². The van der Waals surface area contributed by atoms with E-state index in [2.05, 4.69) is 16.8 Å². The maximum absolute atomic E-state index is 11.7. The number of nitrogens with one attached hydrogen (secondary N) is 1. The second-order valence-corrected chi connectivity index (χ2v) is 6.29. The van der Waals surface area contributed by atoms with Crippen LogP contribution in [0.5, 0.6) is 0 Å². The van der Waals surface area contributed by atoms with Gasteiger partial charge in [-0.15, -0.1) is 0 Å². The first-order valence-electron chi connectivity index (χ1n) is 7.04. The minimum Gasteiger partial charge on any atom is -0.444 e. The molecule has 5 nitrogen and oxygen atoms in total. The highest BCUT2D eigenvalue weighted by Crippen LogP contribution is 2.16. The largest absolute Gasteiger partial charge is 0.444 e. The van der Waals surface area contributed by atoms with Crippen LogP contribution in [0, 0.1) is 0 Å². The van der Waals surface area contributed by atoms with Crippen molar-refractivity contribution in [2.45, 2.75) is 52.2 Å². The lowest BCUT2D eigenvalue weighted by atomic mass is 10.0. The summed E-state index contributed by atoms with van der Waals surface area (Å²) in [6, 6.07) is 0.164. The molecule has 0 aliphatic carbocycles. The fourth-order valence-corrected chi connectivity index (χ4v) is 2.14. The molecule has 3 N–H and O–H groups in total. The molecule has 0 atom stereocenters. The molecule has 0 aromatic rings. The lowest BCUT2D eigenvalue weighted by molar-refractivity contribution is 0.0485. The van der Waals surface area contributed by atoms with Crippen molar-refractivity contribution < 1.29 is 9.53 Å². The number of hydrogen-bond donors (Lipinski definition) is 2. The van der Waals surface area contributed by atoms with Crippen molar-refractivity contribution in [2.75, 3.05) is 13.1 Å². The van der Waals surface area contributed by atoms with Gasteiger partial charge in [0.05, 0.1) is 0 Å². The minimum atomic E-state index is -0.456. The molecule has 5 heteroatoms. The number of carbonyl (C=O) groups is 1. The Balaban J connectivity index is 2.38. The van der Waals surface area contributed by atoms with Crippen LogP contribution in [0.3, 0.4) is 0 Å². The number of carbonyl (C=O) groups excluding carboxylic acids is 1. The Morgan fingerprint density at radius 1 is 1.40 bits per heavy atom. The third-order valence-corrected chi connectivity index (χ3v) is 3.02. The fraction of sp³-hybridized carbons (Fsp3) is 0.667. The van der Waals surface area contributed by atoms with Gasteiger partial charge in [-0.1, -0.05) is 6.58 Å². The van der Waals surface area contributed by atoms with Crippen LogP contribution >= 0.6 is 0 Å². The number of piperidine rings is 1. The number of amides is 1. The lowest BCUT2D eigenvalue weighted by Gasteiger charge is -2.34. The number of likely N-dealkylation sites (tertiary alicyclic amines) is 1. The van der Waals surface area contributed by atoms with E-state index in [-0.39, 0.29) is 12.1 Å². The van der Waals surface area contributed by atoms with E-state index < -0.39 is 5.60 Å². The molecule has 0 bridgehead atoms. The zero-order valence-corrected chi connectivity index (χ0v) is 13.0. The third kappa shape index (κ3) is 5.99. The monoisotopic (exact) mass is 281 g/mol. The standard InChI is InChI=1S/C15H27N3O2/c1-11(16)10-12(2)18-8-6-13(7-9-18)17-14(19)20-15(3,4)5/h10,13H,2,6-9,16H2,1,3-5H3,(H,17,19)/b11-10+. The summed E-state index contributed by atoms with van der Waals surface area (Å²) in [5, 5.41) is 2.92. The van der Waals surface area contributed by atoms with Crippen LogP contribution in [0.25, 0.3) is 0 Å². The van der Waals surface area contributed by atoms with E-state index in [9.17, 15) is 4.79 Å². The first-order valence-corrected chi connectivity index (χ1v) is 7.04. The zero-order chi connectivity index (χ0) is 15.3. The van der Waals surface area contributed by atoms with Crippen LogP contribution in [0.2, 0.25) is 0 Å². The molecule has 0 radical (unpaired) electrons. The van der Waals surface area contributed by atoms with Crippen molar-refractivity contribution in [3.63, 3.8) is 0 Å². The first-order chi connectivity index (χ1) is 9.17. The number of nitrogens with zero attached hydrogens (tertiary/aromatic N) is 1. The molecular formula is C15H27N3O2. The Hall–Kier alpha value is -1.65. The highest BCUT2D eigenvalue weighted by atomic mass is 16.6. The average Bonchev–Trinajstić information content (AvgIpc) is 2.26. The second kappa shape index (κ2) is 6.68. The van der Waals surface area contributed by atoms with Crippen LogP contribution in [0.1, 0.15) is 40.5 Å². The van der Waals surface area contributed by atoms with Gasteiger partial charge in [0.25, 0.3) is 0 Å². The Bertz CT molecular complexity index is 384. The summed E-state index contributed by atoms with van der Waals surface area (Å²) in [5.74, 6) is 0. The number of hydrogen-bond acceptors (Lipinski definition) is 4. The molecular weight excluding hydrogens is 254 g/mol. The van der Waals surface area contributed by atoms with E-state index in [1.165, 1.54) is 0 Å². The molecule has 20 heavy (non-hydrogen) atoms. The van der Waals surface area contributed by atoms with Crippen LogP contribution in [0.4, 0.5) is 4.79 Å². The summed E-state index contributed by atoms with van der Waals surface area (Å²) >= 11 is 0. The quantitative estimate of drug-likeness (QED) is 0.779. The van der Waals surface area contributed by atoms with E-state index >= 15 is 0 Å². The zero-order valence-electron chi connectivity index (χ0n) is 13.0. The topological polar surface area (TPSA) is 67.6 Å². The van der Waals surface area contributed by atoms with Crippen molar-refractivity contribution in [3.05, 3.63) is 24.0 Å². The van der Waals surface area contributed by atoms with Gasteiger partial charge in [-0.2, -0.15) is 0 Å². The van der Waals surface area contributed by atoms with Crippen LogP contribution < -0.4 is 11.1 Å². The molecule has 1 fully saturated rings. The van der Waals surface area contributed by atoms with Crippen LogP contribution in [-0.4, -0.2) is 35.7 Å². The molecule has 0 aromatic carbocycles. The highest BCUT2D eigenvalue weighted by Gasteiger charge is 2.23. The number of alkyl carbamates (subject to hydrolysis) is 1. The van der Waals surface area contributed by atoms with Gasteiger partial charge in [-0.05, 0) is 46.6 Å². The van der Waals surface area contributed by atoms with E-state index in [1.807, 2.05) is 33.8 Å². The summed E-state index contributed by atoms with van der Waals surface area (Å²) in [7, 11) is 0. The van der Waals surface area contributed by atoms with Crippen molar-refractivity contribution >= 4 is 6.09 Å². The van der Waals surface area contributed by atoms with Gasteiger partial charge in [-0.3, -0.25) is 0 Å². The maximum atomic E-state index is 11.7. The van der Waals surface area contributed by atoms with E-state index in [1.54, 1.807) is 0 Å². The molecule has 0 aromatic heterocycles. The van der Waals surface area contributed by atoms with Gasteiger partial charge < -0.3 is 20.7 Å². The van der Waals surface area contributed by atoms with E-state index in [0.717, 1.165) is 37.3 Å². The molecule has 1 amide bonds. The summed E-state index contributed by atoms with van der Waals surface area (Å²) in [5.41, 5.74) is 6.88. The Kier molecular flexibility index (Phi) is 5.48. The van der Waals surface area contributed by atoms with Gasteiger partial charge in [0.2, 0.25) is 0 Å². The second-order valence-electron chi connectivity index (χ2n) is 6.29. The molecule has 0 saturated carbocycles. The van der Waals surface area contributed by atoms with Crippen LogP contribution in [0.15, 0.2) is 24.0 Å². The predicted octanol–water partition coefficient (Wildman–Crippen LogP) is 2.35. The number of rotatable bonds is 3. The predicted molar refractivity (Wildman–Crippen MR) is 81.0 cm³/mol. The normalized spacial score (nSPS) is 17.8. The van der Waals surface area contributed by atoms with E-state index in [0.29, 0.717) is 0 Å². The van der Waals surface area contributed by atoms with E-state index in [4.69, 9.17) is 10.5 Å². The Morgan fingerprint density at radius 3 is 2.40 bits per heavy atom. The highest BCUT2D eigenvalue weighted by molar-refractivity contribution is 5.68. The SMILES string of the molecule is C=C(/C=C(\C)N)N1CCC(NC(=O)OC(C)(C)C)CC1. The van der Waals surface area contributed by atoms with Crippen molar-refractivity contribution in [3.8, 4) is 0 Å². The molecule has 114 valence electrons. The third-order valence-electron chi connectivity index (χ3n) is 3.02. The van der Waals surface area contributed by atoms with Crippen molar-refractivity contribution in [1.29, 1.82) is 0 Å². The van der Waals surface area contributed by atoms with Gasteiger partial charge in [-0.25, -0.2) is 4.79 Å². The summed E-state index contributed by atoms with van der Waals surface area (Å²) < 4.78 is 5.26. The molecule has 1 aliphatic rings. The molecule has 0 unspecified atom stereocenters. The van der Waals surface area contributed by atoms with Gasteiger partial charge >= 0.3 is 6.09 Å². The molecule has 1 aliphatic heterocycles. The number of allylic oxidation sites excluding steroid dienone is 2. The number of nitrogens with two attached hydrogens (primary N) is 1. The van der Waals surface area contributed by atoms with Gasteiger partial charge in [0.1, 0.15) is 5.60 Å². The van der Waals surface area contributed by atoms with Gasteiger partial charge in [0.15, 0.2) is 0 Å². The number of ether oxygens (including phenoxy) is 1. The summed E-state index contributed by atoms with van der Waals surface area (Å²) in [4.78, 5) is 13.9. The first kappa shape index (κ1) is 16.4. The maximum Gasteiger partial charge on any atom is 0.407 e. The Labute approximate surface area is 121 Å². The molecule has 1 saturated heterocycles. The molecule has 1 rings (SSSR count). The van der Waals surface area contributed by atoms with Crippen LogP contribution in [-0.2, 0) is 4.74 Å². The molecule has 0 spiro atoms. The lowest BCUT2D eigenvalue weighted by Crippen LogP contribution is -2.45. The summed E-state index contributed by atoms with van der Waals surface area (Å²) in [6.07, 6.45) is 3.31. The van der Waals surface area contributed by atoms with Crippen molar-refractivity contribution in [1.82, 2.24) is 10.2 Å². The average molecular weight is 281 g/mol. The Morgan fingerprint density at radius 2 is 1.95 bits per heavy atom. The fourth-order valence-electron chi connectivity index (χ4n) is 2.14. The smallest absolute Gasteiger partial charge is 0.407 e.